The first-order chi connectivity index (χ1) is 7.99. The number of hydrogen-bond acceptors (Lipinski definition) is 3. The van der Waals surface area contributed by atoms with Gasteiger partial charge in [0, 0.05) is 13.1 Å². The molecule has 1 aromatic heterocycles. The van der Waals surface area contributed by atoms with Crippen molar-refractivity contribution in [1.82, 2.24) is 4.98 Å². The highest BCUT2D eigenvalue weighted by molar-refractivity contribution is 6.37. The molecule has 94 valence electrons. The number of aromatic nitrogens is 1. The van der Waals surface area contributed by atoms with Crippen molar-refractivity contribution in [3.63, 3.8) is 0 Å². The highest BCUT2D eigenvalue weighted by Gasteiger charge is 2.27. The van der Waals surface area contributed by atoms with Gasteiger partial charge in [0.25, 0.3) is 0 Å². The predicted molar refractivity (Wildman–Crippen MR) is 73.8 cm³/mol. The summed E-state index contributed by atoms with van der Waals surface area (Å²) in [6.45, 7) is 6.47. The van der Waals surface area contributed by atoms with E-state index in [1.807, 2.05) is 0 Å². The van der Waals surface area contributed by atoms with Gasteiger partial charge in [-0.2, -0.15) is 0 Å². The SMILES string of the molecule is CC(C)C1CCN(c2nc(N)c(Cl)cc2Cl)C1. The monoisotopic (exact) mass is 273 g/mol. The third-order valence-electron chi connectivity index (χ3n) is 3.41. The van der Waals surface area contributed by atoms with Gasteiger partial charge in [0.2, 0.25) is 0 Å². The van der Waals surface area contributed by atoms with Gasteiger partial charge in [-0.25, -0.2) is 4.98 Å². The van der Waals surface area contributed by atoms with Crippen molar-refractivity contribution in [1.29, 1.82) is 0 Å². The molecule has 1 saturated heterocycles. The summed E-state index contributed by atoms with van der Waals surface area (Å²) in [6.07, 6.45) is 1.18. The summed E-state index contributed by atoms with van der Waals surface area (Å²) in [6, 6.07) is 1.67. The quantitative estimate of drug-likeness (QED) is 0.898. The van der Waals surface area contributed by atoms with Crippen LogP contribution in [-0.4, -0.2) is 18.1 Å². The first-order valence-electron chi connectivity index (χ1n) is 5.85. The zero-order chi connectivity index (χ0) is 12.6. The predicted octanol–water partition coefficient (Wildman–Crippen LogP) is 3.45. The molecular weight excluding hydrogens is 257 g/mol. The minimum absolute atomic E-state index is 0.346. The minimum Gasteiger partial charge on any atom is -0.382 e. The number of nitrogen functional groups attached to an aromatic ring is 1. The van der Waals surface area contributed by atoms with Crippen molar-refractivity contribution in [3.8, 4) is 0 Å². The Kier molecular flexibility index (Phi) is 3.69. The molecule has 1 aromatic rings. The average Bonchev–Trinajstić information content (AvgIpc) is 2.72. The number of nitrogens with zero attached hydrogens (tertiary/aromatic N) is 2. The fraction of sp³-hybridized carbons (Fsp3) is 0.583. The first-order valence-corrected chi connectivity index (χ1v) is 6.61. The van der Waals surface area contributed by atoms with Crippen LogP contribution < -0.4 is 10.6 Å². The van der Waals surface area contributed by atoms with Gasteiger partial charge in [-0.15, -0.1) is 0 Å². The molecule has 17 heavy (non-hydrogen) atoms. The van der Waals surface area contributed by atoms with E-state index in [1.165, 1.54) is 6.42 Å². The highest BCUT2D eigenvalue weighted by Crippen LogP contribution is 2.34. The van der Waals surface area contributed by atoms with E-state index in [-0.39, 0.29) is 0 Å². The molecule has 0 aliphatic carbocycles. The maximum atomic E-state index is 6.16. The van der Waals surface area contributed by atoms with E-state index in [9.17, 15) is 0 Å². The van der Waals surface area contributed by atoms with E-state index in [0.717, 1.165) is 18.9 Å². The molecular formula is C12H17Cl2N3. The molecule has 0 bridgehead atoms. The molecule has 0 aromatic carbocycles. The lowest BCUT2D eigenvalue weighted by atomic mass is 9.95. The van der Waals surface area contributed by atoms with Crippen LogP contribution in [0.1, 0.15) is 20.3 Å². The molecule has 1 atom stereocenters. The van der Waals surface area contributed by atoms with Crippen LogP contribution in [-0.2, 0) is 0 Å². The maximum Gasteiger partial charge on any atom is 0.149 e. The summed E-state index contributed by atoms with van der Waals surface area (Å²) in [5, 5.41) is 0.993. The summed E-state index contributed by atoms with van der Waals surface area (Å²) >= 11 is 12.0. The number of pyridine rings is 1. The second-order valence-corrected chi connectivity index (χ2v) is 5.71. The molecule has 1 aliphatic rings. The van der Waals surface area contributed by atoms with Crippen LogP contribution in [0, 0.1) is 11.8 Å². The Morgan fingerprint density at radius 1 is 1.41 bits per heavy atom. The Balaban J connectivity index is 2.22. The zero-order valence-electron chi connectivity index (χ0n) is 10.1. The second-order valence-electron chi connectivity index (χ2n) is 4.90. The molecule has 0 radical (unpaired) electrons. The number of nitrogens with two attached hydrogens (primary N) is 1. The maximum absolute atomic E-state index is 6.16. The van der Waals surface area contributed by atoms with Crippen molar-refractivity contribution in [2.45, 2.75) is 20.3 Å². The Labute approximate surface area is 112 Å². The Bertz CT molecular complexity index is 420. The van der Waals surface area contributed by atoms with E-state index >= 15 is 0 Å². The number of anilines is 2. The van der Waals surface area contributed by atoms with E-state index < -0.39 is 0 Å². The first kappa shape index (κ1) is 12.8. The van der Waals surface area contributed by atoms with Crippen LogP contribution in [0.15, 0.2) is 6.07 Å². The second kappa shape index (κ2) is 4.91. The summed E-state index contributed by atoms with van der Waals surface area (Å²) in [5.74, 6) is 2.49. The zero-order valence-corrected chi connectivity index (χ0v) is 11.6. The number of hydrogen-bond donors (Lipinski definition) is 1. The lowest BCUT2D eigenvalue weighted by molar-refractivity contribution is 0.422. The van der Waals surface area contributed by atoms with Crippen LogP contribution in [0.4, 0.5) is 11.6 Å². The molecule has 2 rings (SSSR count). The molecule has 0 amide bonds. The standard InChI is InChI=1S/C12H17Cl2N3/c1-7(2)8-3-4-17(6-8)12-10(14)5-9(13)11(15)16-12/h5,7-8H,3-4,6H2,1-2H3,(H2,15,16). The van der Waals surface area contributed by atoms with Gasteiger partial charge in [0.15, 0.2) is 0 Å². The molecule has 2 N–H and O–H groups in total. The van der Waals surface area contributed by atoms with E-state index in [1.54, 1.807) is 6.07 Å². The molecule has 0 spiro atoms. The minimum atomic E-state index is 0.346. The van der Waals surface area contributed by atoms with Gasteiger partial charge in [-0.3, -0.25) is 0 Å². The smallest absolute Gasteiger partial charge is 0.149 e. The fourth-order valence-corrected chi connectivity index (χ4v) is 2.69. The van der Waals surface area contributed by atoms with Crippen LogP contribution in [0.5, 0.6) is 0 Å². The molecule has 1 fully saturated rings. The average molecular weight is 274 g/mol. The van der Waals surface area contributed by atoms with Crippen molar-refractivity contribution in [3.05, 3.63) is 16.1 Å². The summed E-state index contributed by atoms with van der Waals surface area (Å²) in [4.78, 5) is 6.48. The van der Waals surface area contributed by atoms with E-state index in [0.29, 0.717) is 27.7 Å². The lowest BCUT2D eigenvalue weighted by Crippen LogP contribution is -2.22. The third kappa shape index (κ3) is 2.61. The highest BCUT2D eigenvalue weighted by atomic mass is 35.5. The van der Waals surface area contributed by atoms with Gasteiger partial charge < -0.3 is 10.6 Å². The van der Waals surface area contributed by atoms with Crippen LogP contribution in [0.2, 0.25) is 10.0 Å². The van der Waals surface area contributed by atoms with Crippen molar-refractivity contribution < 1.29 is 0 Å². The Morgan fingerprint density at radius 3 is 2.71 bits per heavy atom. The van der Waals surface area contributed by atoms with Gasteiger partial charge >= 0.3 is 0 Å². The van der Waals surface area contributed by atoms with Crippen molar-refractivity contribution >= 4 is 34.8 Å². The van der Waals surface area contributed by atoms with Crippen LogP contribution in [0.25, 0.3) is 0 Å². The van der Waals surface area contributed by atoms with Gasteiger partial charge in [-0.1, -0.05) is 37.0 Å². The van der Waals surface area contributed by atoms with Crippen LogP contribution in [0.3, 0.4) is 0 Å². The Morgan fingerprint density at radius 2 is 2.12 bits per heavy atom. The molecule has 1 aliphatic heterocycles. The topological polar surface area (TPSA) is 42.2 Å². The number of rotatable bonds is 2. The number of halogens is 2. The van der Waals surface area contributed by atoms with Crippen molar-refractivity contribution in [2.75, 3.05) is 23.7 Å². The van der Waals surface area contributed by atoms with E-state index in [4.69, 9.17) is 28.9 Å². The third-order valence-corrected chi connectivity index (χ3v) is 3.99. The molecule has 0 saturated carbocycles. The van der Waals surface area contributed by atoms with Gasteiger partial charge in [-0.05, 0) is 24.3 Å². The fourth-order valence-electron chi connectivity index (χ4n) is 2.22. The van der Waals surface area contributed by atoms with Gasteiger partial charge in [0.05, 0.1) is 10.0 Å². The summed E-state index contributed by atoms with van der Waals surface area (Å²) < 4.78 is 0. The normalized spacial score (nSPS) is 20.3. The summed E-state index contributed by atoms with van der Waals surface area (Å²) in [5.41, 5.74) is 5.72. The molecule has 1 unspecified atom stereocenters. The van der Waals surface area contributed by atoms with Crippen LogP contribution >= 0.6 is 23.2 Å². The Hall–Kier alpha value is -0.670. The molecule has 3 nitrogen and oxygen atoms in total. The van der Waals surface area contributed by atoms with Crippen molar-refractivity contribution in [2.24, 2.45) is 11.8 Å². The lowest BCUT2D eigenvalue weighted by Gasteiger charge is -2.20. The van der Waals surface area contributed by atoms with E-state index in [2.05, 4.69) is 23.7 Å². The largest absolute Gasteiger partial charge is 0.382 e. The molecule has 5 heteroatoms. The molecule has 2 heterocycles. The van der Waals surface area contributed by atoms with Gasteiger partial charge in [0.1, 0.15) is 11.6 Å². The summed E-state index contributed by atoms with van der Waals surface area (Å²) in [7, 11) is 0.